The fourth-order valence-corrected chi connectivity index (χ4v) is 2.98. The highest BCUT2D eigenvalue weighted by atomic mass is 16.4. The van der Waals surface area contributed by atoms with Crippen molar-refractivity contribution in [3.05, 3.63) is 0 Å². The number of hydrogen-bond acceptors (Lipinski definition) is 3. The van der Waals surface area contributed by atoms with E-state index in [0.29, 0.717) is 11.8 Å². The quantitative estimate of drug-likeness (QED) is 0.746. The molecular formula is C15H30N2O2. The molecule has 0 aromatic carbocycles. The number of carbonyl (C=O) groups is 1. The average Bonchev–Trinajstić information content (AvgIpc) is 2.39. The van der Waals surface area contributed by atoms with Gasteiger partial charge in [-0.05, 0) is 57.7 Å². The highest BCUT2D eigenvalue weighted by molar-refractivity contribution is 5.77. The van der Waals surface area contributed by atoms with Crippen molar-refractivity contribution in [1.29, 1.82) is 0 Å². The molecule has 0 aromatic heterocycles. The molecule has 0 bridgehead atoms. The molecular weight excluding hydrogens is 240 g/mol. The molecule has 1 aliphatic rings. The minimum Gasteiger partial charge on any atom is -0.480 e. The highest BCUT2D eigenvalue weighted by Crippen LogP contribution is 2.37. The van der Waals surface area contributed by atoms with Crippen molar-refractivity contribution < 1.29 is 9.90 Å². The molecule has 4 heteroatoms. The normalized spacial score (nSPS) is 22.9. The van der Waals surface area contributed by atoms with Gasteiger partial charge in [0.2, 0.25) is 0 Å². The smallest absolute Gasteiger partial charge is 0.323 e. The van der Waals surface area contributed by atoms with Gasteiger partial charge in [0, 0.05) is 0 Å². The number of nitrogens with two attached hydrogens (primary N) is 1. The number of piperidine rings is 1. The Hall–Kier alpha value is -0.610. The second-order valence-corrected chi connectivity index (χ2v) is 6.37. The van der Waals surface area contributed by atoms with Gasteiger partial charge in [0.05, 0.1) is 0 Å². The summed E-state index contributed by atoms with van der Waals surface area (Å²) >= 11 is 0. The second-order valence-electron chi connectivity index (χ2n) is 6.37. The summed E-state index contributed by atoms with van der Waals surface area (Å²) in [6.07, 6.45) is 6.52. The van der Waals surface area contributed by atoms with Gasteiger partial charge < -0.3 is 15.7 Å². The van der Waals surface area contributed by atoms with E-state index in [1.165, 1.54) is 25.7 Å². The van der Waals surface area contributed by atoms with Crippen LogP contribution < -0.4 is 5.73 Å². The number of hydrogen-bond donors (Lipinski definition) is 2. The van der Waals surface area contributed by atoms with Gasteiger partial charge in [-0.3, -0.25) is 4.79 Å². The molecule has 4 nitrogen and oxygen atoms in total. The lowest BCUT2D eigenvalue weighted by Gasteiger charge is -2.41. The molecule has 0 aromatic rings. The summed E-state index contributed by atoms with van der Waals surface area (Å²) in [5.41, 5.74) is 5.22. The third kappa shape index (κ3) is 4.46. The summed E-state index contributed by atoms with van der Waals surface area (Å²) in [5, 5.41) is 8.97. The third-order valence-corrected chi connectivity index (χ3v) is 5.08. The Labute approximate surface area is 117 Å². The van der Waals surface area contributed by atoms with E-state index in [1.54, 1.807) is 6.92 Å². The number of aliphatic carboxylic acids is 1. The highest BCUT2D eigenvalue weighted by Gasteiger charge is 2.31. The van der Waals surface area contributed by atoms with E-state index in [1.807, 2.05) is 0 Å². The minimum absolute atomic E-state index is 0.547. The SMILES string of the molecule is CCC1(CC)CCN(CCCC(C)(N)C(=O)O)CC1. The van der Waals surface area contributed by atoms with Crippen LogP contribution in [-0.4, -0.2) is 41.1 Å². The number of likely N-dealkylation sites (tertiary alicyclic amines) is 1. The number of carboxylic acids is 1. The summed E-state index contributed by atoms with van der Waals surface area (Å²) in [6, 6.07) is 0. The monoisotopic (exact) mass is 270 g/mol. The largest absolute Gasteiger partial charge is 0.480 e. The lowest BCUT2D eigenvalue weighted by molar-refractivity contribution is -0.143. The molecule has 1 heterocycles. The Morgan fingerprint density at radius 2 is 1.84 bits per heavy atom. The van der Waals surface area contributed by atoms with Crippen molar-refractivity contribution in [1.82, 2.24) is 4.90 Å². The Morgan fingerprint density at radius 1 is 1.32 bits per heavy atom. The fraction of sp³-hybridized carbons (Fsp3) is 0.933. The van der Waals surface area contributed by atoms with E-state index in [4.69, 9.17) is 10.8 Å². The van der Waals surface area contributed by atoms with Crippen LogP contribution >= 0.6 is 0 Å². The van der Waals surface area contributed by atoms with Crippen molar-refractivity contribution in [2.24, 2.45) is 11.1 Å². The molecule has 1 unspecified atom stereocenters. The zero-order valence-corrected chi connectivity index (χ0v) is 12.7. The molecule has 1 saturated heterocycles. The zero-order valence-electron chi connectivity index (χ0n) is 12.7. The van der Waals surface area contributed by atoms with E-state index >= 15 is 0 Å². The molecule has 0 spiro atoms. The Balaban J connectivity index is 2.29. The van der Waals surface area contributed by atoms with E-state index in [0.717, 1.165) is 26.1 Å². The second kappa shape index (κ2) is 6.71. The van der Waals surface area contributed by atoms with Crippen LogP contribution in [0.2, 0.25) is 0 Å². The Kier molecular flexibility index (Phi) is 5.81. The van der Waals surface area contributed by atoms with Gasteiger partial charge in [0.1, 0.15) is 5.54 Å². The van der Waals surface area contributed by atoms with Gasteiger partial charge in [0.15, 0.2) is 0 Å². The molecule has 1 fully saturated rings. The van der Waals surface area contributed by atoms with Crippen molar-refractivity contribution in [2.75, 3.05) is 19.6 Å². The summed E-state index contributed by atoms with van der Waals surface area (Å²) in [4.78, 5) is 13.4. The first kappa shape index (κ1) is 16.4. The molecule has 1 atom stereocenters. The molecule has 0 radical (unpaired) electrons. The van der Waals surface area contributed by atoms with Gasteiger partial charge in [-0.2, -0.15) is 0 Å². The lowest BCUT2D eigenvalue weighted by Crippen LogP contribution is -2.46. The van der Waals surface area contributed by atoms with Gasteiger partial charge in [-0.25, -0.2) is 0 Å². The third-order valence-electron chi connectivity index (χ3n) is 5.08. The van der Waals surface area contributed by atoms with Crippen molar-refractivity contribution in [2.45, 2.75) is 64.8 Å². The van der Waals surface area contributed by atoms with Gasteiger partial charge in [-0.15, -0.1) is 0 Å². The molecule has 112 valence electrons. The maximum Gasteiger partial charge on any atom is 0.323 e. The summed E-state index contributed by atoms with van der Waals surface area (Å²) in [6.45, 7) is 9.47. The first-order chi connectivity index (χ1) is 8.85. The molecule has 19 heavy (non-hydrogen) atoms. The van der Waals surface area contributed by atoms with E-state index in [2.05, 4.69) is 18.7 Å². The van der Waals surface area contributed by atoms with Crippen LogP contribution in [0, 0.1) is 5.41 Å². The summed E-state index contributed by atoms with van der Waals surface area (Å²) in [7, 11) is 0. The van der Waals surface area contributed by atoms with Crippen molar-refractivity contribution in [3.8, 4) is 0 Å². The van der Waals surface area contributed by atoms with Gasteiger partial charge in [-0.1, -0.05) is 26.7 Å². The van der Waals surface area contributed by atoms with Crippen LogP contribution in [0.4, 0.5) is 0 Å². The molecule has 1 rings (SSSR count). The Morgan fingerprint density at radius 3 is 2.26 bits per heavy atom. The van der Waals surface area contributed by atoms with Crippen LogP contribution in [-0.2, 0) is 4.79 Å². The molecule has 3 N–H and O–H groups in total. The van der Waals surface area contributed by atoms with Crippen LogP contribution in [0.3, 0.4) is 0 Å². The number of rotatable bonds is 7. The minimum atomic E-state index is -1.08. The zero-order chi connectivity index (χ0) is 14.5. The van der Waals surface area contributed by atoms with Crippen molar-refractivity contribution >= 4 is 5.97 Å². The number of carboxylic acid groups (broad SMARTS) is 1. The standard InChI is InChI=1S/C15H30N2O2/c1-4-15(5-2)8-11-17(12-9-15)10-6-7-14(3,16)13(18)19/h4-12,16H2,1-3H3,(H,18,19). The first-order valence-corrected chi connectivity index (χ1v) is 7.60. The van der Waals surface area contributed by atoms with Crippen LogP contribution in [0.5, 0.6) is 0 Å². The van der Waals surface area contributed by atoms with E-state index in [-0.39, 0.29) is 0 Å². The lowest BCUT2D eigenvalue weighted by atomic mass is 9.74. The topological polar surface area (TPSA) is 66.6 Å². The predicted octanol–water partition coefficient (Wildman–Crippen LogP) is 2.47. The first-order valence-electron chi connectivity index (χ1n) is 7.60. The predicted molar refractivity (Wildman–Crippen MR) is 78.2 cm³/mol. The van der Waals surface area contributed by atoms with Gasteiger partial charge in [0.25, 0.3) is 0 Å². The summed E-state index contributed by atoms with van der Waals surface area (Å²) < 4.78 is 0. The van der Waals surface area contributed by atoms with Crippen LogP contribution in [0.15, 0.2) is 0 Å². The maximum absolute atomic E-state index is 10.9. The molecule has 0 saturated carbocycles. The van der Waals surface area contributed by atoms with Crippen molar-refractivity contribution in [3.63, 3.8) is 0 Å². The molecule has 0 amide bonds. The van der Waals surface area contributed by atoms with Crippen LogP contribution in [0.25, 0.3) is 0 Å². The summed E-state index contributed by atoms with van der Waals surface area (Å²) in [5.74, 6) is -0.901. The Bertz CT molecular complexity index is 289. The van der Waals surface area contributed by atoms with Gasteiger partial charge >= 0.3 is 5.97 Å². The molecule has 0 aliphatic carbocycles. The number of nitrogens with zero attached hydrogens (tertiary/aromatic N) is 1. The fourth-order valence-electron chi connectivity index (χ4n) is 2.98. The van der Waals surface area contributed by atoms with E-state index in [9.17, 15) is 4.79 Å². The average molecular weight is 270 g/mol. The maximum atomic E-state index is 10.9. The van der Waals surface area contributed by atoms with E-state index < -0.39 is 11.5 Å². The molecule has 1 aliphatic heterocycles. The van der Waals surface area contributed by atoms with Crippen LogP contribution in [0.1, 0.15) is 59.3 Å².